The van der Waals surface area contributed by atoms with Gasteiger partial charge in [0.15, 0.2) is 0 Å². The molecule has 1 aromatic heterocycles. The van der Waals surface area contributed by atoms with Gasteiger partial charge in [0.2, 0.25) is 5.91 Å². The van der Waals surface area contributed by atoms with E-state index >= 15 is 0 Å². The van der Waals surface area contributed by atoms with Gasteiger partial charge in [-0.25, -0.2) is 4.98 Å². The first-order valence-electron chi connectivity index (χ1n) is 10.7. The predicted octanol–water partition coefficient (Wildman–Crippen LogP) is 2.62. The van der Waals surface area contributed by atoms with E-state index in [0.29, 0.717) is 18.0 Å². The maximum Gasteiger partial charge on any atom is 0.237 e. The Hall–Kier alpha value is -2.18. The molecule has 0 radical (unpaired) electrons. The summed E-state index contributed by atoms with van der Waals surface area (Å²) in [6.45, 7) is 2.04. The van der Waals surface area contributed by atoms with Crippen LogP contribution in [-0.2, 0) is 4.79 Å². The van der Waals surface area contributed by atoms with E-state index < -0.39 is 0 Å². The molecule has 3 heterocycles. The minimum absolute atomic E-state index is 0.0245. The zero-order chi connectivity index (χ0) is 18.9. The summed E-state index contributed by atoms with van der Waals surface area (Å²) < 4.78 is 0. The second kappa shape index (κ2) is 7.68. The van der Waals surface area contributed by atoms with Crippen LogP contribution in [0.15, 0.2) is 30.5 Å². The molecule has 1 aliphatic carbocycles. The standard InChI is InChI=1S/C22H29N5O/c28-22(19-4-2-10-24-19)26-17-11-16(12-17)14-5-7-15(8-6-14)20-13-25-21(27-20)18-3-1-9-23-18/h5-8,13,16-19,23-24H,1-4,9-12H2,(H,25,27)(H,26,28). The Morgan fingerprint density at radius 1 is 1.04 bits per heavy atom. The zero-order valence-electron chi connectivity index (χ0n) is 16.2. The van der Waals surface area contributed by atoms with E-state index in [2.05, 4.69) is 45.2 Å². The summed E-state index contributed by atoms with van der Waals surface area (Å²) in [6.07, 6.45) is 8.53. The van der Waals surface area contributed by atoms with Crippen molar-refractivity contribution in [3.05, 3.63) is 41.9 Å². The molecule has 6 nitrogen and oxygen atoms in total. The maximum atomic E-state index is 12.2. The van der Waals surface area contributed by atoms with Gasteiger partial charge in [-0.1, -0.05) is 24.3 Å². The lowest BCUT2D eigenvalue weighted by atomic mass is 9.75. The lowest BCUT2D eigenvalue weighted by Gasteiger charge is -2.36. The topological polar surface area (TPSA) is 81.8 Å². The summed E-state index contributed by atoms with van der Waals surface area (Å²) in [5, 5.41) is 9.96. The van der Waals surface area contributed by atoms with Gasteiger partial charge >= 0.3 is 0 Å². The number of carbonyl (C=O) groups excluding carboxylic acids is 1. The summed E-state index contributed by atoms with van der Waals surface area (Å²) in [7, 11) is 0. The van der Waals surface area contributed by atoms with E-state index in [0.717, 1.165) is 62.3 Å². The normalized spacial score (nSPS) is 29.6. The zero-order valence-corrected chi connectivity index (χ0v) is 16.2. The van der Waals surface area contributed by atoms with Crippen LogP contribution < -0.4 is 16.0 Å². The summed E-state index contributed by atoms with van der Waals surface area (Å²) in [5.74, 6) is 1.78. The Labute approximate surface area is 165 Å². The highest BCUT2D eigenvalue weighted by Gasteiger charge is 2.33. The molecule has 1 aromatic carbocycles. The molecular formula is C22H29N5O. The lowest BCUT2D eigenvalue weighted by molar-refractivity contribution is -0.124. The number of benzene rings is 1. The molecule has 1 saturated carbocycles. The van der Waals surface area contributed by atoms with E-state index in [1.54, 1.807) is 0 Å². The first kappa shape index (κ1) is 17.9. The van der Waals surface area contributed by atoms with E-state index in [1.807, 2.05) is 6.20 Å². The Balaban J connectivity index is 1.16. The SMILES string of the molecule is O=C(NC1CC(c2ccc(-c3c[nH]c(C4CCCN4)n3)cc2)C1)C1CCCN1. The van der Waals surface area contributed by atoms with Crippen LogP contribution in [0.4, 0.5) is 0 Å². The molecule has 5 rings (SSSR count). The highest BCUT2D eigenvalue weighted by atomic mass is 16.2. The van der Waals surface area contributed by atoms with Crippen LogP contribution in [0.3, 0.4) is 0 Å². The van der Waals surface area contributed by atoms with Crippen LogP contribution in [0, 0.1) is 0 Å². The van der Waals surface area contributed by atoms with E-state index in [-0.39, 0.29) is 11.9 Å². The van der Waals surface area contributed by atoms with E-state index in [1.165, 1.54) is 12.0 Å². The van der Waals surface area contributed by atoms with E-state index in [4.69, 9.17) is 4.98 Å². The molecule has 4 N–H and O–H groups in total. The maximum absolute atomic E-state index is 12.2. The number of aromatic nitrogens is 2. The molecule has 2 unspecified atom stereocenters. The molecule has 6 heteroatoms. The van der Waals surface area contributed by atoms with Crippen molar-refractivity contribution >= 4 is 5.91 Å². The third kappa shape index (κ3) is 3.59. The van der Waals surface area contributed by atoms with Crippen LogP contribution in [0.5, 0.6) is 0 Å². The van der Waals surface area contributed by atoms with Crippen molar-refractivity contribution in [3.63, 3.8) is 0 Å². The highest BCUT2D eigenvalue weighted by molar-refractivity contribution is 5.82. The van der Waals surface area contributed by atoms with Crippen LogP contribution >= 0.6 is 0 Å². The minimum atomic E-state index is 0.0245. The average Bonchev–Trinajstić information content (AvgIpc) is 3.45. The summed E-state index contributed by atoms with van der Waals surface area (Å²) >= 11 is 0. The average molecular weight is 380 g/mol. The van der Waals surface area contributed by atoms with Crippen molar-refractivity contribution in [2.45, 2.75) is 62.6 Å². The largest absolute Gasteiger partial charge is 0.352 e. The quantitative estimate of drug-likeness (QED) is 0.644. The van der Waals surface area contributed by atoms with Gasteiger partial charge < -0.3 is 20.9 Å². The summed E-state index contributed by atoms with van der Waals surface area (Å²) in [4.78, 5) is 20.3. The Bertz CT molecular complexity index is 812. The van der Waals surface area contributed by atoms with Crippen LogP contribution in [0.2, 0.25) is 0 Å². The molecule has 3 fully saturated rings. The molecule has 28 heavy (non-hydrogen) atoms. The number of amides is 1. The molecule has 2 saturated heterocycles. The third-order valence-electron chi connectivity index (χ3n) is 6.53. The smallest absolute Gasteiger partial charge is 0.237 e. The van der Waals surface area contributed by atoms with Crippen molar-refractivity contribution in [2.75, 3.05) is 13.1 Å². The monoisotopic (exact) mass is 379 g/mol. The number of rotatable bonds is 5. The molecule has 1 amide bonds. The molecule has 148 valence electrons. The first-order chi connectivity index (χ1) is 13.8. The molecule has 0 spiro atoms. The van der Waals surface area contributed by atoms with Gasteiger partial charge in [0.05, 0.1) is 17.8 Å². The molecule has 2 atom stereocenters. The fourth-order valence-corrected chi connectivity index (χ4v) is 4.72. The van der Waals surface area contributed by atoms with E-state index in [9.17, 15) is 4.79 Å². The molecular weight excluding hydrogens is 350 g/mol. The molecule has 3 aliphatic rings. The number of hydrogen-bond donors (Lipinski definition) is 4. The number of aromatic amines is 1. The summed E-state index contributed by atoms with van der Waals surface area (Å²) in [5.41, 5.74) is 3.53. The Morgan fingerprint density at radius 2 is 1.82 bits per heavy atom. The fraction of sp³-hybridized carbons (Fsp3) is 0.545. The van der Waals surface area contributed by atoms with Crippen LogP contribution in [0.1, 0.15) is 61.9 Å². The van der Waals surface area contributed by atoms with Crippen molar-refractivity contribution in [2.24, 2.45) is 0 Å². The van der Waals surface area contributed by atoms with Gasteiger partial charge in [0, 0.05) is 17.8 Å². The first-order valence-corrected chi connectivity index (χ1v) is 10.7. The number of nitrogens with zero attached hydrogens (tertiary/aromatic N) is 1. The van der Waals surface area contributed by atoms with Crippen molar-refractivity contribution in [1.29, 1.82) is 0 Å². The number of carbonyl (C=O) groups is 1. The minimum Gasteiger partial charge on any atom is -0.352 e. The van der Waals surface area contributed by atoms with Gasteiger partial charge in [-0.2, -0.15) is 0 Å². The van der Waals surface area contributed by atoms with Gasteiger partial charge in [0.1, 0.15) is 5.82 Å². The van der Waals surface area contributed by atoms with Crippen molar-refractivity contribution in [3.8, 4) is 11.3 Å². The third-order valence-corrected chi connectivity index (χ3v) is 6.53. The molecule has 2 aromatic rings. The predicted molar refractivity (Wildman–Crippen MR) is 109 cm³/mol. The Kier molecular flexibility index (Phi) is 4.91. The highest BCUT2D eigenvalue weighted by Crippen LogP contribution is 2.37. The second-order valence-corrected chi connectivity index (χ2v) is 8.46. The second-order valence-electron chi connectivity index (χ2n) is 8.46. The number of hydrogen-bond acceptors (Lipinski definition) is 4. The van der Waals surface area contributed by atoms with Gasteiger partial charge in [-0.05, 0) is 63.1 Å². The lowest BCUT2D eigenvalue weighted by Crippen LogP contribution is -2.49. The van der Waals surface area contributed by atoms with Crippen LogP contribution in [0.25, 0.3) is 11.3 Å². The van der Waals surface area contributed by atoms with Gasteiger partial charge in [0.25, 0.3) is 0 Å². The fourth-order valence-electron chi connectivity index (χ4n) is 4.72. The Morgan fingerprint density at radius 3 is 2.54 bits per heavy atom. The van der Waals surface area contributed by atoms with Crippen LogP contribution in [-0.4, -0.2) is 41.0 Å². The van der Waals surface area contributed by atoms with Crippen molar-refractivity contribution < 1.29 is 4.79 Å². The molecule has 0 bridgehead atoms. The summed E-state index contributed by atoms with van der Waals surface area (Å²) in [6, 6.07) is 9.51. The molecule has 2 aliphatic heterocycles. The van der Waals surface area contributed by atoms with Gasteiger partial charge in [-0.15, -0.1) is 0 Å². The van der Waals surface area contributed by atoms with Crippen molar-refractivity contribution in [1.82, 2.24) is 25.9 Å². The number of nitrogens with one attached hydrogen (secondary N) is 4. The van der Waals surface area contributed by atoms with Gasteiger partial charge in [-0.3, -0.25) is 4.79 Å². The number of H-pyrrole nitrogens is 1. The number of imidazole rings is 1.